The van der Waals surface area contributed by atoms with Crippen LogP contribution in [0.25, 0.3) is 5.69 Å². The van der Waals surface area contributed by atoms with Crippen molar-refractivity contribution in [1.82, 2.24) is 20.2 Å². The number of hydrogen-bond donors (Lipinski definition) is 0. The van der Waals surface area contributed by atoms with Crippen LogP contribution in [0.5, 0.6) is 0 Å². The maximum atomic E-state index is 4.22. The van der Waals surface area contributed by atoms with Crippen LogP contribution in [0.1, 0.15) is 43.0 Å². The fraction of sp³-hybridized carbons (Fsp3) is 0.462. The second-order valence-corrected chi connectivity index (χ2v) is 5.74. The van der Waals surface area contributed by atoms with Crippen molar-refractivity contribution < 1.29 is 0 Å². The minimum absolute atomic E-state index is 0.508. The third kappa shape index (κ3) is 2.07. The number of nitrogens with zero attached hydrogens (tertiary/aromatic N) is 4. The second kappa shape index (κ2) is 4.80. The van der Waals surface area contributed by atoms with E-state index in [2.05, 4.69) is 56.6 Å². The summed E-state index contributed by atoms with van der Waals surface area (Å²) < 4.78 is 2.91. The van der Waals surface area contributed by atoms with Gasteiger partial charge in [0.1, 0.15) is 0 Å². The van der Waals surface area contributed by atoms with Gasteiger partial charge in [0.15, 0.2) is 5.82 Å². The molecule has 18 heavy (non-hydrogen) atoms. The van der Waals surface area contributed by atoms with Crippen molar-refractivity contribution in [2.45, 2.75) is 38.5 Å². The molecular formula is C13H15BrN4. The van der Waals surface area contributed by atoms with Crippen LogP contribution < -0.4 is 0 Å². The highest BCUT2D eigenvalue weighted by Crippen LogP contribution is 2.34. The van der Waals surface area contributed by atoms with Crippen molar-refractivity contribution in [3.63, 3.8) is 0 Å². The normalized spacial score (nSPS) is 16.3. The van der Waals surface area contributed by atoms with Gasteiger partial charge in [0.25, 0.3) is 0 Å². The Labute approximate surface area is 115 Å². The molecule has 2 aromatic rings. The molecule has 0 atom stereocenters. The first-order chi connectivity index (χ1) is 8.75. The Kier molecular flexibility index (Phi) is 3.16. The number of benzene rings is 1. The van der Waals surface area contributed by atoms with Crippen LogP contribution in [-0.2, 0) is 0 Å². The summed E-state index contributed by atoms with van der Waals surface area (Å²) in [6, 6.07) is 6.24. The van der Waals surface area contributed by atoms with Gasteiger partial charge in [-0.2, -0.15) is 4.68 Å². The molecule has 0 radical (unpaired) electrons. The molecule has 1 aromatic carbocycles. The minimum atomic E-state index is 0.508. The topological polar surface area (TPSA) is 43.6 Å². The molecule has 5 heteroatoms. The van der Waals surface area contributed by atoms with Gasteiger partial charge >= 0.3 is 0 Å². The second-order valence-electron chi connectivity index (χ2n) is 4.89. The molecule has 1 aromatic heterocycles. The monoisotopic (exact) mass is 306 g/mol. The third-order valence-corrected chi connectivity index (χ3v) is 4.18. The van der Waals surface area contributed by atoms with Gasteiger partial charge in [0.05, 0.1) is 5.69 Å². The molecule has 0 saturated heterocycles. The third-order valence-electron chi connectivity index (χ3n) is 3.55. The SMILES string of the molecule is Cc1ccc(-n2nnnc2C2CCCC2)c(Br)c1. The van der Waals surface area contributed by atoms with Gasteiger partial charge in [-0.25, -0.2) is 0 Å². The zero-order valence-electron chi connectivity index (χ0n) is 10.3. The van der Waals surface area contributed by atoms with Crippen LogP contribution in [0, 0.1) is 6.92 Å². The molecular weight excluding hydrogens is 292 g/mol. The number of aromatic nitrogens is 4. The number of aryl methyl sites for hydroxylation is 1. The van der Waals surface area contributed by atoms with E-state index in [1.54, 1.807) is 0 Å². The number of halogens is 1. The van der Waals surface area contributed by atoms with E-state index in [9.17, 15) is 0 Å². The van der Waals surface area contributed by atoms with Gasteiger partial charge in [0.2, 0.25) is 0 Å². The summed E-state index contributed by atoms with van der Waals surface area (Å²) in [7, 11) is 0. The van der Waals surface area contributed by atoms with Crippen molar-refractivity contribution in [3.8, 4) is 5.69 Å². The van der Waals surface area contributed by atoms with Crippen LogP contribution in [0.15, 0.2) is 22.7 Å². The zero-order valence-corrected chi connectivity index (χ0v) is 11.9. The van der Waals surface area contributed by atoms with Crippen LogP contribution in [0.2, 0.25) is 0 Å². The molecule has 0 N–H and O–H groups in total. The summed E-state index contributed by atoms with van der Waals surface area (Å²) in [5.74, 6) is 1.50. The van der Waals surface area contributed by atoms with Gasteiger partial charge in [-0.3, -0.25) is 0 Å². The Morgan fingerprint density at radius 3 is 2.78 bits per heavy atom. The molecule has 4 nitrogen and oxygen atoms in total. The first-order valence-electron chi connectivity index (χ1n) is 6.30. The number of tetrazole rings is 1. The van der Waals surface area contributed by atoms with E-state index in [1.807, 2.05) is 4.68 Å². The summed E-state index contributed by atoms with van der Waals surface area (Å²) >= 11 is 3.59. The Balaban J connectivity index is 2.03. The smallest absolute Gasteiger partial charge is 0.159 e. The summed E-state index contributed by atoms with van der Waals surface area (Å²) in [5.41, 5.74) is 2.24. The summed E-state index contributed by atoms with van der Waals surface area (Å²) in [6.07, 6.45) is 4.97. The van der Waals surface area contributed by atoms with Crippen LogP contribution in [-0.4, -0.2) is 20.2 Å². The van der Waals surface area contributed by atoms with E-state index in [0.717, 1.165) is 16.0 Å². The molecule has 1 heterocycles. The van der Waals surface area contributed by atoms with E-state index in [0.29, 0.717) is 5.92 Å². The molecule has 94 valence electrons. The average molecular weight is 307 g/mol. The molecule has 0 unspecified atom stereocenters. The van der Waals surface area contributed by atoms with Gasteiger partial charge in [-0.15, -0.1) is 5.10 Å². The highest BCUT2D eigenvalue weighted by Gasteiger charge is 2.24. The van der Waals surface area contributed by atoms with Crippen LogP contribution in [0.3, 0.4) is 0 Å². The van der Waals surface area contributed by atoms with Gasteiger partial charge in [-0.05, 0) is 63.8 Å². The Hall–Kier alpha value is -1.23. The predicted octanol–water partition coefficient (Wildman–Crippen LogP) is 3.39. The van der Waals surface area contributed by atoms with Crippen molar-refractivity contribution in [2.24, 2.45) is 0 Å². The quantitative estimate of drug-likeness (QED) is 0.854. The first kappa shape index (κ1) is 11.8. The van der Waals surface area contributed by atoms with Gasteiger partial charge < -0.3 is 0 Å². The highest BCUT2D eigenvalue weighted by atomic mass is 79.9. The van der Waals surface area contributed by atoms with Gasteiger partial charge in [-0.1, -0.05) is 18.9 Å². The van der Waals surface area contributed by atoms with Crippen LogP contribution in [0.4, 0.5) is 0 Å². The van der Waals surface area contributed by atoms with E-state index < -0.39 is 0 Å². The molecule has 0 amide bonds. The Bertz CT molecular complexity index is 558. The number of rotatable bonds is 2. The molecule has 3 rings (SSSR count). The first-order valence-corrected chi connectivity index (χ1v) is 7.10. The predicted molar refractivity (Wildman–Crippen MR) is 72.8 cm³/mol. The van der Waals surface area contributed by atoms with Crippen molar-refractivity contribution >= 4 is 15.9 Å². The summed E-state index contributed by atoms with van der Waals surface area (Å²) in [6.45, 7) is 2.08. The van der Waals surface area contributed by atoms with E-state index >= 15 is 0 Å². The molecule has 1 fully saturated rings. The maximum Gasteiger partial charge on any atom is 0.159 e. The molecule has 1 aliphatic carbocycles. The largest absolute Gasteiger partial charge is 0.196 e. The summed E-state index contributed by atoms with van der Waals surface area (Å²) in [4.78, 5) is 0. The van der Waals surface area contributed by atoms with Crippen molar-refractivity contribution in [3.05, 3.63) is 34.1 Å². The van der Waals surface area contributed by atoms with E-state index in [-0.39, 0.29) is 0 Å². The van der Waals surface area contributed by atoms with Crippen LogP contribution >= 0.6 is 15.9 Å². The molecule has 1 saturated carbocycles. The Morgan fingerprint density at radius 2 is 2.06 bits per heavy atom. The fourth-order valence-corrected chi connectivity index (χ4v) is 3.25. The molecule has 0 bridgehead atoms. The number of hydrogen-bond acceptors (Lipinski definition) is 3. The lowest BCUT2D eigenvalue weighted by molar-refractivity contribution is 0.635. The standard InChI is InChI=1S/C13H15BrN4/c1-9-6-7-12(11(14)8-9)18-13(15-16-17-18)10-4-2-3-5-10/h6-8,10H,2-5H2,1H3. The fourth-order valence-electron chi connectivity index (χ4n) is 2.59. The summed E-state index contributed by atoms with van der Waals surface area (Å²) in [5, 5.41) is 12.2. The minimum Gasteiger partial charge on any atom is -0.196 e. The lowest BCUT2D eigenvalue weighted by Gasteiger charge is -2.11. The maximum absolute atomic E-state index is 4.22. The molecule has 0 aliphatic heterocycles. The lowest BCUT2D eigenvalue weighted by atomic mass is 10.1. The zero-order chi connectivity index (χ0) is 12.5. The van der Waals surface area contributed by atoms with E-state index in [4.69, 9.17) is 0 Å². The lowest BCUT2D eigenvalue weighted by Crippen LogP contribution is -2.07. The van der Waals surface area contributed by atoms with Gasteiger partial charge in [0, 0.05) is 10.4 Å². The highest BCUT2D eigenvalue weighted by molar-refractivity contribution is 9.10. The Morgan fingerprint density at radius 1 is 1.28 bits per heavy atom. The average Bonchev–Trinajstić information content (AvgIpc) is 2.98. The molecule has 0 spiro atoms. The van der Waals surface area contributed by atoms with Crippen molar-refractivity contribution in [1.29, 1.82) is 0 Å². The van der Waals surface area contributed by atoms with E-state index in [1.165, 1.54) is 31.2 Å². The molecule has 1 aliphatic rings. The van der Waals surface area contributed by atoms with Crippen molar-refractivity contribution in [2.75, 3.05) is 0 Å².